The lowest BCUT2D eigenvalue weighted by molar-refractivity contribution is 0.425. The standard InChI is InChI=1S/C21H22ClN5/c1-27(2)14-13-24-21-17(19(23)15-9-5-3-6-10-15)18(22)20(25-26-21)16-11-7-4-8-12-16/h3-12,23H,13-14H2,1-2H3,(H,24,26). The van der Waals surface area contributed by atoms with E-state index < -0.39 is 0 Å². The molecule has 0 bridgehead atoms. The van der Waals surface area contributed by atoms with Crippen LogP contribution in [0.4, 0.5) is 5.82 Å². The van der Waals surface area contributed by atoms with E-state index in [-0.39, 0.29) is 0 Å². The van der Waals surface area contributed by atoms with Crippen molar-refractivity contribution in [2.75, 3.05) is 32.5 Å². The fourth-order valence-electron chi connectivity index (χ4n) is 2.70. The highest BCUT2D eigenvalue weighted by Gasteiger charge is 2.20. The average Bonchev–Trinajstić information content (AvgIpc) is 2.69. The van der Waals surface area contributed by atoms with Crippen LogP contribution in [0.15, 0.2) is 60.7 Å². The van der Waals surface area contributed by atoms with Crippen molar-refractivity contribution in [3.8, 4) is 11.3 Å². The Kier molecular flexibility index (Phi) is 6.16. The van der Waals surface area contributed by atoms with Crippen LogP contribution in [0.3, 0.4) is 0 Å². The van der Waals surface area contributed by atoms with Gasteiger partial charge in [0.05, 0.1) is 16.3 Å². The molecule has 0 aliphatic rings. The zero-order chi connectivity index (χ0) is 19.2. The fourth-order valence-corrected chi connectivity index (χ4v) is 3.03. The highest BCUT2D eigenvalue weighted by molar-refractivity contribution is 6.38. The van der Waals surface area contributed by atoms with Crippen molar-refractivity contribution in [2.24, 2.45) is 0 Å². The summed E-state index contributed by atoms with van der Waals surface area (Å²) in [6.45, 7) is 1.51. The molecule has 138 valence electrons. The van der Waals surface area contributed by atoms with Crippen LogP contribution < -0.4 is 5.32 Å². The van der Waals surface area contributed by atoms with Crippen molar-refractivity contribution in [3.63, 3.8) is 0 Å². The number of benzene rings is 2. The largest absolute Gasteiger partial charge is 0.367 e. The zero-order valence-electron chi connectivity index (χ0n) is 15.4. The molecule has 0 unspecified atom stereocenters. The van der Waals surface area contributed by atoms with Gasteiger partial charge in [-0.1, -0.05) is 72.3 Å². The molecule has 0 atom stereocenters. The van der Waals surface area contributed by atoms with E-state index in [0.717, 1.165) is 17.7 Å². The highest BCUT2D eigenvalue weighted by atomic mass is 35.5. The van der Waals surface area contributed by atoms with Crippen LogP contribution in [0.5, 0.6) is 0 Å². The summed E-state index contributed by atoms with van der Waals surface area (Å²) in [5, 5.41) is 21.1. The number of rotatable bonds is 7. The molecule has 0 radical (unpaired) electrons. The molecular formula is C21H22ClN5. The van der Waals surface area contributed by atoms with Gasteiger partial charge in [-0.05, 0) is 14.1 Å². The lowest BCUT2D eigenvalue weighted by atomic mass is 10.0. The smallest absolute Gasteiger partial charge is 0.159 e. The summed E-state index contributed by atoms with van der Waals surface area (Å²) in [6, 6.07) is 19.2. The Morgan fingerprint density at radius 3 is 2.26 bits per heavy atom. The molecule has 0 aliphatic carbocycles. The number of hydrogen-bond acceptors (Lipinski definition) is 5. The number of halogens is 1. The SMILES string of the molecule is CN(C)CCNc1nnc(-c2ccccc2)c(Cl)c1C(=N)c1ccccc1. The molecule has 3 aromatic rings. The van der Waals surface area contributed by atoms with Crippen molar-refractivity contribution in [2.45, 2.75) is 0 Å². The molecule has 0 fully saturated rings. The van der Waals surface area contributed by atoms with Gasteiger partial charge in [0.1, 0.15) is 5.69 Å². The highest BCUT2D eigenvalue weighted by Crippen LogP contribution is 2.33. The molecule has 27 heavy (non-hydrogen) atoms. The van der Waals surface area contributed by atoms with Crippen molar-refractivity contribution >= 4 is 23.1 Å². The Balaban J connectivity index is 2.06. The third-order valence-electron chi connectivity index (χ3n) is 4.13. The van der Waals surface area contributed by atoms with Crippen LogP contribution in [0.1, 0.15) is 11.1 Å². The van der Waals surface area contributed by atoms with E-state index >= 15 is 0 Å². The number of anilines is 1. The molecular weight excluding hydrogens is 358 g/mol. The molecule has 0 saturated carbocycles. The van der Waals surface area contributed by atoms with Gasteiger partial charge in [0, 0.05) is 24.2 Å². The molecule has 2 aromatic carbocycles. The second-order valence-electron chi connectivity index (χ2n) is 6.42. The molecule has 1 aromatic heterocycles. The lowest BCUT2D eigenvalue weighted by Crippen LogP contribution is -2.22. The summed E-state index contributed by atoms with van der Waals surface area (Å²) in [5.74, 6) is 0.524. The molecule has 3 rings (SSSR count). The number of likely N-dealkylation sites (N-methyl/N-ethyl adjacent to an activating group) is 1. The third kappa shape index (κ3) is 4.51. The Hall–Kier alpha value is -2.76. The number of hydrogen-bond donors (Lipinski definition) is 2. The Morgan fingerprint density at radius 1 is 1.00 bits per heavy atom. The van der Waals surface area contributed by atoms with E-state index in [1.807, 2.05) is 74.8 Å². The van der Waals surface area contributed by atoms with E-state index in [2.05, 4.69) is 20.4 Å². The number of nitrogens with zero attached hydrogens (tertiary/aromatic N) is 3. The monoisotopic (exact) mass is 379 g/mol. The summed E-state index contributed by atoms with van der Waals surface area (Å²) in [4.78, 5) is 2.07. The van der Waals surface area contributed by atoms with Crippen molar-refractivity contribution in [1.82, 2.24) is 15.1 Å². The van der Waals surface area contributed by atoms with Crippen LogP contribution in [-0.4, -0.2) is 48.0 Å². The molecule has 5 nitrogen and oxygen atoms in total. The Labute approximate surface area is 164 Å². The predicted molar refractivity (Wildman–Crippen MR) is 112 cm³/mol. The quantitative estimate of drug-likeness (QED) is 0.604. The minimum absolute atomic E-state index is 0.319. The van der Waals surface area contributed by atoms with Crippen LogP contribution in [0, 0.1) is 5.41 Å². The normalized spacial score (nSPS) is 10.8. The molecule has 0 aliphatic heterocycles. The number of aromatic nitrogens is 2. The summed E-state index contributed by atoms with van der Waals surface area (Å²) in [5.41, 5.74) is 3.11. The summed E-state index contributed by atoms with van der Waals surface area (Å²) >= 11 is 6.74. The van der Waals surface area contributed by atoms with Gasteiger partial charge in [0.2, 0.25) is 0 Å². The Bertz CT molecular complexity index is 911. The lowest BCUT2D eigenvalue weighted by Gasteiger charge is -2.16. The van der Waals surface area contributed by atoms with Crippen LogP contribution in [0.25, 0.3) is 11.3 Å². The van der Waals surface area contributed by atoms with Gasteiger partial charge in [-0.15, -0.1) is 10.2 Å². The van der Waals surface area contributed by atoms with Crippen molar-refractivity contribution in [3.05, 3.63) is 76.8 Å². The maximum absolute atomic E-state index is 8.73. The maximum Gasteiger partial charge on any atom is 0.159 e. The van der Waals surface area contributed by atoms with Crippen LogP contribution in [-0.2, 0) is 0 Å². The summed E-state index contributed by atoms with van der Waals surface area (Å²) < 4.78 is 0. The molecule has 0 spiro atoms. The van der Waals surface area contributed by atoms with E-state index in [9.17, 15) is 0 Å². The first kappa shape index (κ1) is 19.0. The van der Waals surface area contributed by atoms with Gasteiger partial charge in [0.15, 0.2) is 5.82 Å². The molecule has 0 amide bonds. The van der Waals surface area contributed by atoms with Crippen LogP contribution in [0.2, 0.25) is 5.02 Å². The van der Waals surface area contributed by atoms with Gasteiger partial charge < -0.3 is 10.2 Å². The third-order valence-corrected chi connectivity index (χ3v) is 4.49. The average molecular weight is 380 g/mol. The van der Waals surface area contributed by atoms with Gasteiger partial charge >= 0.3 is 0 Å². The first-order valence-electron chi connectivity index (χ1n) is 8.72. The van der Waals surface area contributed by atoms with E-state index in [0.29, 0.717) is 34.4 Å². The molecule has 6 heteroatoms. The minimum Gasteiger partial charge on any atom is -0.367 e. The molecule has 0 saturated heterocycles. The second kappa shape index (κ2) is 8.75. The fraction of sp³-hybridized carbons (Fsp3) is 0.190. The van der Waals surface area contributed by atoms with Gasteiger partial charge in [-0.25, -0.2) is 0 Å². The first-order chi connectivity index (χ1) is 13.1. The summed E-state index contributed by atoms with van der Waals surface area (Å²) in [6.07, 6.45) is 0. The zero-order valence-corrected chi connectivity index (χ0v) is 16.2. The van der Waals surface area contributed by atoms with Gasteiger partial charge in [-0.2, -0.15) is 0 Å². The topological polar surface area (TPSA) is 64.9 Å². The van der Waals surface area contributed by atoms with E-state index in [1.54, 1.807) is 0 Å². The van der Waals surface area contributed by atoms with Gasteiger partial charge in [-0.3, -0.25) is 5.41 Å². The van der Waals surface area contributed by atoms with E-state index in [1.165, 1.54) is 0 Å². The molecule has 2 N–H and O–H groups in total. The predicted octanol–water partition coefficient (Wildman–Crippen LogP) is 4.19. The maximum atomic E-state index is 8.73. The van der Waals surface area contributed by atoms with Crippen LogP contribution >= 0.6 is 11.6 Å². The van der Waals surface area contributed by atoms with Gasteiger partial charge in [0.25, 0.3) is 0 Å². The summed E-state index contributed by atoms with van der Waals surface area (Å²) in [7, 11) is 4.01. The van der Waals surface area contributed by atoms with E-state index in [4.69, 9.17) is 17.0 Å². The Morgan fingerprint density at radius 2 is 1.63 bits per heavy atom. The van der Waals surface area contributed by atoms with Crippen molar-refractivity contribution < 1.29 is 0 Å². The second-order valence-corrected chi connectivity index (χ2v) is 6.80. The first-order valence-corrected chi connectivity index (χ1v) is 9.10. The van der Waals surface area contributed by atoms with Crippen molar-refractivity contribution in [1.29, 1.82) is 5.41 Å². The number of nitrogens with one attached hydrogen (secondary N) is 2. The minimum atomic E-state index is 0.319. The molecule has 1 heterocycles.